The smallest absolute Gasteiger partial charge is 0 e. The molecule has 15 heteroatoms. The second kappa shape index (κ2) is 21.5. The van der Waals surface area contributed by atoms with Crippen LogP contribution in [0.4, 0.5) is 0 Å². The van der Waals surface area contributed by atoms with Crippen molar-refractivity contribution in [1.82, 2.24) is 0 Å². The van der Waals surface area contributed by atoms with Crippen LogP contribution in [0.15, 0.2) is 0 Å². The standard InChI is InChI=1S/2C4H12O3SSi.4CH3.ClH.2Sn.2Y.H/c2*1-6-9(5,7-2)4-3-8;;;;;;;;;;/h2*5,8H,3-4H2,1-2H3;4*1H3;1H;;;;;/q;;;;;;;+1;+2;;;/p-3. The predicted octanol–water partition coefficient (Wildman–Crippen LogP) is 2.81. The largest absolute Gasteiger partial charge is 0 e. The van der Waals surface area contributed by atoms with Crippen LogP contribution >= 0.6 is 26.8 Å². The first-order valence-electron chi connectivity index (χ1n) is 7.96. The molecule has 0 heterocycles. The third-order valence-corrected chi connectivity index (χ3v) is 27.8. The molecule has 2 radical (unpaired) electrons. The molecule has 160 valence electrons. The van der Waals surface area contributed by atoms with Crippen LogP contribution in [0.25, 0.3) is 0 Å². The van der Waals surface area contributed by atoms with Gasteiger partial charge in [0.05, 0.1) is 0 Å². The molecule has 6 nitrogen and oxygen atoms in total. The summed E-state index contributed by atoms with van der Waals surface area (Å²) in [5.74, 6) is 1.81. The fourth-order valence-electron chi connectivity index (χ4n) is 1.42. The minimum atomic E-state index is -2.84. The Bertz CT molecular complexity index is 346. The molecule has 0 aromatic heterocycles. The van der Waals surface area contributed by atoms with Gasteiger partial charge >= 0.3 is 178 Å². The summed E-state index contributed by atoms with van der Waals surface area (Å²) >= 11 is -3.42. The van der Waals surface area contributed by atoms with E-state index in [1.165, 1.54) is 28.4 Å². The normalized spacial score (nSPS) is 12.0. The van der Waals surface area contributed by atoms with Crippen LogP contribution < -0.4 is 0 Å². The SMILES string of the molecule is CO[Si](O)(CC[S][SnH]([CH3])[CH3])OC.CO[Si](O)(CC[S][Sn]([CH3])([CH3])[Cl])OC.[Y].[Y]. The summed E-state index contributed by atoms with van der Waals surface area (Å²) in [6, 6.07) is 1.26. The van der Waals surface area contributed by atoms with Gasteiger partial charge in [0.1, 0.15) is 0 Å². The van der Waals surface area contributed by atoms with E-state index in [1.54, 1.807) is 8.95 Å². The first-order valence-corrected chi connectivity index (χ1v) is 37.4. The summed E-state index contributed by atoms with van der Waals surface area (Å²) in [6.45, 7) is 0. The van der Waals surface area contributed by atoms with Crippen molar-refractivity contribution in [3.05, 3.63) is 0 Å². The van der Waals surface area contributed by atoms with E-state index in [-0.39, 0.29) is 65.4 Å². The van der Waals surface area contributed by atoms with Gasteiger partial charge in [0, 0.05) is 65.4 Å². The summed E-state index contributed by atoms with van der Waals surface area (Å²) in [6.07, 6.45) is 0. The van der Waals surface area contributed by atoms with Crippen molar-refractivity contribution < 1.29 is 92.7 Å². The van der Waals surface area contributed by atoms with Crippen molar-refractivity contribution in [1.29, 1.82) is 0 Å². The Hall–Kier alpha value is 4.99. The van der Waals surface area contributed by atoms with Crippen LogP contribution in [0.2, 0.25) is 31.8 Å². The van der Waals surface area contributed by atoms with E-state index in [9.17, 15) is 9.59 Å². The maximum Gasteiger partial charge on any atom is 0 e. The number of hydrogen-bond donors (Lipinski definition) is 2. The molecule has 0 aromatic carbocycles. The van der Waals surface area contributed by atoms with Gasteiger partial charge in [-0.1, -0.05) is 0 Å². The molecule has 0 saturated carbocycles. The second-order valence-electron chi connectivity index (χ2n) is 5.87. The number of hydrogen-bond acceptors (Lipinski definition) is 8. The zero-order chi connectivity index (χ0) is 20.1. The minimum Gasteiger partial charge on any atom is 0 e. The van der Waals surface area contributed by atoms with Gasteiger partial charge in [-0.2, -0.15) is 0 Å². The molecule has 0 unspecified atom stereocenters. The molecule has 0 rings (SSSR count). The van der Waals surface area contributed by atoms with Gasteiger partial charge < -0.3 is 0 Å². The van der Waals surface area contributed by atoms with Crippen molar-refractivity contribution in [2.24, 2.45) is 0 Å². The quantitative estimate of drug-likeness (QED) is 0.291. The molecule has 27 heavy (non-hydrogen) atoms. The van der Waals surface area contributed by atoms with Crippen molar-refractivity contribution in [2.45, 2.75) is 31.8 Å². The molecule has 0 bridgehead atoms. The maximum absolute atomic E-state index is 9.69. The Morgan fingerprint density at radius 1 is 0.852 bits per heavy atom. The summed E-state index contributed by atoms with van der Waals surface area (Å²) in [5.41, 5.74) is 0. The topological polar surface area (TPSA) is 77.4 Å². The van der Waals surface area contributed by atoms with Crippen molar-refractivity contribution in [2.75, 3.05) is 39.9 Å². The Morgan fingerprint density at radius 2 is 1.19 bits per heavy atom. The van der Waals surface area contributed by atoms with E-state index in [0.717, 1.165) is 11.5 Å². The maximum atomic E-state index is 9.69. The molecule has 0 fully saturated rings. The third kappa shape index (κ3) is 25.4. The predicted molar refractivity (Wildman–Crippen MR) is 121 cm³/mol. The van der Waals surface area contributed by atoms with Gasteiger partial charge in [-0.05, 0) is 0 Å². The first-order chi connectivity index (χ1) is 11.4. The molecule has 0 aliphatic carbocycles. The van der Waals surface area contributed by atoms with E-state index >= 15 is 0 Å². The number of halogens is 1. The van der Waals surface area contributed by atoms with E-state index in [2.05, 4.69) is 19.8 Å². The molecule has 0 amide bonds. The monoisotopic (exact) mass is 848 g/mol. The summed E-state index contributed by atoms with van der Waals surface area (Å²) in [7, 11) is 10.4. The second-order valence-corrected chi connectivity index (χ2v) is 52.9. The fraction of sp³-hybridized carbons (Fsp3) is 1.00. The fourth-order valence-corrected chi connectivity index (χ4v) is 21.9. The van der Waals surface area contributed by atoms with Crippen LogP contribution in [0.3, 0.4) is 0 Å². The minimum absolute atomic E-state index is 0. The third-order valence-electron chi connectivity index (χ3n) is 3.01. The molecule has 0 spiro atoms. The summed E-state index contributed by atoms with van der Waals surface area (Å²) in [5, 5.41) is 0. The first kappa shape index (κ1) is 39.2. The Kier molecular flexibility index (Phi) is 31.3. The summed E-state index contributed by atoms with van der Waals surface area (Å²) < 4.78 is 19.8. The molecular formula is C12H35ClO6S2Si2Sn2Y2. The van der Waals surface area contributed by atoms with Gasteiger partial charge in [-0.3, -0.25) is 0 Å². The van der Waals surface area contributed by atoms with Crippen LogP contribution in [0.5, 0.6) is 0 Å². The average Bonchev–Trinajstić information content (AvgIpc) is 2.53. The van der Waals surface area contributed by atoms with Crippen molar-refractivity contribution in [3.63, 3.8) is 0 Å². The van der Waals surface area contributed by atoms with Crippen molar-refractivity contribution >= 4 is 78.7 Å². The van der Waals surface area contributed by atoms with Gasteiger partial charge in [-0.25, -0.2) is 0 Å². The van der Waals surface area contributed by atoms with Gasteiger partial charge in [-0.15, -0.1) is 0 Å². The summed E-state index contributed by atoms with van der Waals surface area (Å²) in [4.78, 5) is 28.3. The molecule has 0 saturated heterocycles. The van der Waals surface area contributed by atoms with E-state index in [1.807, 2.05) is 8.95 Å². The van der Waals surface area contributed by atoms with Gasteiger partial charge in [0.15, 0.2) is 0 Å². The molecule has 0 aromatic rings. The Labute approximate surface area is 238 Å². The molecule has 2 N–H and O–H groups in total. The Morgan fingerprint density at radius 3 is 1.44 bits per heavy atom. The van der Waals surface area contributed by atoms with Gasteiger partial charge in [0.2, 0.25) is 0 Å². The van der Waals surface area contributed by atoms with Crippen LogP contribution in [0.1, 0.15) is 0 Å². The molecular weight excluding hydrogens is 811 g/mol. The molecule has 0 aliphatic heterocycles. The average molecular weight is 846 g/mol. The van der Waals surface area contributed by atoms with Crippen molar-refractivity contribution in [3.8, 4) is 0 Å². The zero-order valence-electron chi connectivity index (χ0n) is 17.8. The number of rotatable bonds is 12. The van der Waals surface area contributed by atoms with Crippen LogP contribution in [0, 0.1) is 0 Å². The van der Waals surface area contributed by atoms with E-state index in [4.69, 9.17) is 26.6 Å². The Balaban J connectivity index is -0.000000183. The zero-order valence-corrected chi connectivity index (χ0v) is 34.0. The van der Waals surface area contributed by atoms with Gasteiger partial charge in [0.25, 0.3) is 0 Å². The van der Waals surface area contributed by atoms with Crippen LogP contribution in [-0.4, -0.2) is 101 Å². The molecule has 0 aliphatic rings. The van der Waals surface area contributed by atoms with Crippen LogP contribution in [-0.2, 0) is 83.1 Å². The van der Waals surface area contributed by atoms with E-state index in [0.29, 0.717) is 12.1 Å². The molecule has 0 atom stereocenters. The van der Waals surface area contributed by atoms with E-state index < -0.39 is 51.9 Å².